The van der Waals surface area contributed by atoms with E-state index in [1.54, 1.807) is 12.2 Å². The highest BCUT2D eigenvalue weighted by atomic mass is 35.5. The Balaban J connectivity index is 0.000000369. The van der Waals surface area contributed by atoms with Gasteiger partial charge in [-0.3, -0.25) is 30.1 Å². The zero-order chi connectivity index (χ0) is 48.6. The van der Waals surface area contributed by atoms with E-state index in [1.165, 1.54) is 35.1 Å². The number of rotatable bonds is 17. The second-order valence-electron chi connectivity index (χ2n) is 11.2. The molecule has 0 saturated carbocycles. The second kappa shape index (κ2) is 23.7. The van der Waals surface area contributed by atoms with Gasteiger partial charge in [-0.15, -0.1) is 0 Å². The quantitative estimate of drug-likeness (QED) is 0.0270. The van der Waals surface area contributed by atoms with Gasteiger partial charge in [-0.1, -0.05) is 23.7 Å². The van der Waals surface area contributed by atoms with Crippen molar-refractivity contribution in [3.63, 3.8) is 0 Å². The van der Waals surface area contributed by atoms with Crippen LogP contribution in [0.1, 0.15) is 22.8 Å². The summed E-state index contributed by atoms with van der Waals surface area (Å²) in [6.07, 6.45) is -5.11. The van der Waals surface area contributed by atoms with E-state index in [4.69, 9.17) is 41.1 Å². The van der Waals surface area contributed by atoms with E-state index < -0.39 is 106 Å². The molecule has 2 amide bonds. The Morgan fingerprint density at radius 2 is 1.52 bits per heavy atom. The average Bonchev–Trinajstić information content (AvgIpc) is 3.14. The number of sulfonamides is 1. The van der Waals surface area contributed by atoms with E-state index in [0.717, 1.165) is 30.3 Å². The molecule has 0 aliphatic rings. The largest absolute Gasteiger partial charge is 0.487 e. The Labute approximate surface area is 358 Å². The lowest BCUT2D eigenvalue weighted by Gasteiger charge is -2.12. The average molecular weight is 985 g/mol. The number of nitrogens with zero attached hydrogens (tertiary/aromatic N) is 3. The predicted octanol–water partition coefficient (Wildman–Crippen LogP) is 6.14. The van der Waals surface area contributed by atoms with Crippen molar-refractivity contribution in [2.45, 2.75) is 31.2 Å². The molecule has 3 aromatic carbocycles. The Hall–Kier alpha value is -6.59. The van der Waals surface area contributed by atoms with E-state index in [1.807, 2.05) is 0 Å². The number of carbonyl (C=O) groups excluding carboxylic acids is 1. The van der Waals surface area contributed by atoms with Crippen molar-refractivity contribution < 1.29 is 102 Å². The number of carbonyl (C=O) groups is 3. The lowest BCUT2D eigenvalue weighted by Crippen LogP contribution is -2.35. The lowest BCUT2D eigenvalue weighted by molar-refractivity contribution is -0.385. The van der Waals surface area contributed by atoms with E-state index in [0.29, 0.717) is 6.07 Å². The highest BCUT2D eigenvalue weighted by Gasteiger charge is 2.31. The van der Waals surface area contributed by atoms with Gasteiger partial charge in [0.05, 0.1) is 46.6 Å². The SMILES string of the molecule is CCOc1cc(Oc2ccc(C(F)(F)F)cc2Cl)ccc1[N+](=O)[O-].O=C(Nc1nc(OC(F)F)cc(OC(F)F)n1)NS(=O)(=O)c1ccccc1C(=O)O.O=C(O)CNCP(=O)(O)O. The molecule has 0 unspecified atom stereocenters. The number of hydrogen-bond acceptors (Lipinski definition) is 15. The van der Waals surface area contributed by atoms with Gasteiger partial charge in [0.15, 0.2) is 0 Å². The molecule has 0 fully saturated rings. The number of urea groups is 1. The number of halogens is 8. The van der Waals surface area contributed by atoms with E-state index in [-0.39, 0.29) is 34.6 Å². The number of alkyl halides is 7. The van der Waals surface area contributed by atoms with E-state index in [9.17, 15) is 68.2 Å². The third-order valence-corrected chi connectivity index (χ3v) is 8.79. The highest BCUT2D eigenvalue weighted by Crippen LogP contribution is 2.38. The molecular formula is C32H29ClF7N6O16PS. The maximum absolute atomic E-state index is 12.6. The van der Waals surface area contributed by atoms with Crippen LogP contribution in [0.25, 0.3) is 0 Å². The van der Waals surface area contributed by atoms with Crippen LogP contribution in [-0.2, 0) is 25.6 Å². The normalized spacial score (nSPS) is 11.3. The van der Waals surface area contributed by atoms with Crippen LogP contribution in [0.15, 0.2) is 71.6 Å². The van der Waals surface area contributed by atoms with Gasteiger partial charge < -0.3 is 38.9 Å². The Morgan fingerprint density at radius 1 is 0.922 bits per heavy atom. The zero-order valence-corrected chi connectivity index (χ0v) is 34.0. The molecule has 0 atom stereocenters. The number of aliphatic carboxylic acids is 1. The molecule has 0 radical (unpaired) electrons. The van der Waals surface area contributed by atoms with Crippen molar-refractivity contribution in [1.29, 1.82) is 0 Å². The van der Waals surface area contributed by atoms with Crippen LogP contribution >= 0.6 is 19.2 Å². The molecule has 1 heterocycles. The number of amides is 2. The van der Waals surface area contributed by atoms with Crippen molar-refractivity contribution >= 4 is 58.8 Å². The molecule has 4 rings (SSSR count). The van der Waals surface area contributed by atoms with Gasteiger partial charge in [0, 0.05) is 12.1 Å². The first-order chi connectivity index (χ1) is 29.6. The minimum Gasteiger partial charge on any atom is -0.487 e. The Morgan fingerprint density at radius 3 is 2.00 bits per heavy atom. The molecule has 4 aromatic rings. The summed E-state index contributed by atoms with van der Waals surface area (Å²) in [6, 6.07) is 9.63. The maximum Gasteiger partial charge on any atom is 0.416 e. The van der Waals surface area contributed by atoms with Crippen LogP contribution in [0, 0.1) is 10.1 Å². The third kappa shape index (κ3) is 18.8. The van der Waals surface area contributed by atoms with Crippen LogP contribution < -0.4 is 34.3 Å². The van der Waals surface area contributed by atoms with Gasteiger partial charge in [-0.05, 0) is 43.3 Å². The van der Waals surface area contributed by atoms with Gasteiger partial charge in [-0.25, -0.2) is 22.7 Å². The molecule has 0 aliphatic heterocycles. The van der Waals surface area contributed by atoms with Crippen LogP contribution in [-0.4, -0.2) is 93.9 Å². The topological polar surface area (TPSA) is 325 Å². The number of anilines is 1. The van der Waals surface area contributed by atoms with Crippen LogP contribution in [0.4, 0.5) is 47.2 Å². The molecule has 350 valence electrons. The Bertz CT molecular complexity index is 2430. The fourth-order valence-electron chi connectivity index (χ4n) is 4.12. The molecule has 32 heteroatoms. The van der Waals surface area contributed by atoms with Gasteiger partial charge in [0.1, 0.15) is 16.4 Å². The fraction of sp³-hybridized carbons (Fsp3) is 0.219. The summed E-state index contributed by atoms with van der Waals surface area (Å²) in [7, 11) is -8.81. The summed E-state index contributed by atoms with van der Waals surface area (Å²) in [4.78, 5) is 65.3. The van der Waals surface area contributed by atoms with Crippen molar-refractivity contribution in [1.82, 2.24) is 20.0 Å². The predicted molar refractivity (Wildman–Crippen MR) is 201 cm³/mol. The summed E-state index contributed by atoms with van der Waals surface area (Å²) in [5, 5.41) is 31.5. The van der Waals surface area contributed by atoms with Crippen LogP contribution in [0.3, 0.4) is 0 Å². The first-order valence-electron chi connectivity index (χ1n) is 16.5. The number of nitrogens with one attached hydrogen (secondary N) is 3. The number of carboxylic acid groups (broad SMARTS) is 2. The smallest absolute Gasteiger partial charge is 0.416 e. The van der Waals surface area contributed by atoms with Crippen molar-refractivity contribution in [3.05, 3.63) is 93.0 Å². The van der Waals surface area contributed by atoms with Crippen LogP contribution in [0.5, 0.6) is 29.0 Å². The van der Waals surface area contributed by atoms with Gasteiger partial charge in [0.2, 0.25) is 23.5 Å². The number of aromatic nitrogens is 2. The third-order valence-electron chi connectivity index (χ3n) is 6.47. The molecule has 22 nitrogen and oxygen atoms in total. The summed E-state index contributed by atoms with van der Waals surface area (Å²) in [6.45, 7) is -5.40. The number of nitro benzene ring substituents is 1. The second-order valence-corrected chi connectivity index (χ2v) is 14.9. The maximum atomic E-state index is 12.6. The molecular weight excluding hydrogens is 956 g/mol. The molecule has 0 saturated heterocycles. The number of benzene rings is 3. The standard InChI is InChI=1S/C15H11ClF3NO4.C14H10F4N4O7S.C3H8NO5P/c1-2-23-14-8-10(4-5-12(14)20(21)22)24-13-6-3-9(7-11(13)16)15(17,18)19;15-11(16)28-8-5-9(29-12(17)18)20-13(19-8)21-14(25)22-30(26,27)7-4-2-1-3-6(7)10(23)24;5-3(6)1-4-2-10(7,8)9/h3-8H,2H2,1H3;1-5,11-12H,(H,23,24)(H2,19,20,21,22,25);4H,1-2H2,(H,5,6)(H2,7,8,9). The molecule has 0 aliphatic carbocycles. The number of ether oxygens (including phenoxy) is 4. The number of aromatic carboxylic acids is 1. The molecule has 64 heavy (non-hydrogen) atoms. The van der Waals surface area contributed by atoms with E-state index >= 15 is 0 Å². The first-order valence-corrected chi connectivity index (χ1v) is 20.1. The first kappa shape index (κ1) is 53.5. The Kier molecular flexibility index (Phi) is 19.9. The molecule has 0 spiro atoms. The minimum atomic E-state index is -4.71. The molecule has 1 aromatic heterocycles. The van der Waals surface area contributed by atoms with Crippen molar-refractivity contribution in [3.8, 4) is 29.0 Å². The lowest BCUT2D eigenvalue weighted by atomic mass is 10.2. The van der Waals surface area contributed by atoms with E-state index in [2.05, 4.69) is 24.8 Å². The highest BCUT2D eigenvalue weighted by molar-refractivity contribution is 7.90. The molecule has 7 N–H and O–H groups in total. The monoisotopic (exact) mass is 984 g/mol. The summed E-state index contributed by atoms with van der Waals surface area (Å²) in [5.74, 6) is -5.48. The van der Waals surface area contributed by atoms with Gasteiger partial charge >= 0.3 is 50.7 Å². The fourth-order valence-corrected chi connectivity index (χ4v) is 5.85. The van der Waals surface area contributed by atoms with Gasteiger partial charge in [-0.2, -0.15) is 40.7 Å². The zero-order valence-electron chi connectivity index (χ0n) is 31.5. The van der Waals surface area contributed by atoms with Crippen molar-refractivity contribution in [2.24, 2.45) is 0 Å². The number of hydrogen-bond donors (Lipinski definition) is 7. The summed E-state index contributed by atoms with van der Waals surface area (Å²) < 4.78 is 141. The van der Waals surface area contributed by atoms with Gasteiger partial charge in [0.25, 0.3) is 10.0 Å². The number of nitro groups is 1. The van der Waals surface area contributed by atoms with Crippen LogP contribution in [0.2, 0.25) is 5.02 Å². The summed E-state index contributed by atoms with van der Waals surface area (Å²) >= 11 is 5.80. The summed E-state index contributed by atoms with van der Waals surface area (Å²) in [5.41, 5.74) is -1.80. The van der Waals surface area contributed by atoms with Crippen molar-refractivity contribution in [2.75, 3.05) is 24.8 Å². The molecule has 0 bridgehead atoms. The number of carboxylic acids is 2. The minimum absolute atomic E-state index is 0.0111.